The molecule has 1 saturated heterocycles. The van der Waals surface area contributed by atoms with Gasteiger partial charge < -0.3 is 9.32 Å². The van der Waals surface area contributed by atoms with Crippen molar-refractivity contribution in [3.8, 4) is 0 Å². The van der Waals surface area contributed by atoms with Gasteiger partial charge >= 0.3 is 0 Å². The number of amides is 1. The van der Waals surface area contributed by atoms with Gasteiger partial charge in [0.05, 0.1) is 35.5 Å². The predicted octanol–water partition coefficient (Wildman–Crippen LogP) is 3.05. The number of carbonyl (C=O) groups excluding carboxylic acids is 1. The molecule has 1 amide bonds. The zero-order valence-electron chi connectivity index (χ0n) is 15.0. The Morgan fingerprint density at radius 1 is 1.48 bits per heavy atom. The van der Waals surface area contributed by atoms with E-state index in [2.05, 4.69) is 9.97 Å². The molecule has 2 aromatic rings. The van der Waals surface area contributed by atoms with Crippen LogP contribution in [0.3, 0.4) is 0 Å². The molecule has 3 rings (SSSR count). The number of sulfone groups is 1. The lowest BCUT2D eigenvalue weighted by molar-refractivity contribution is 0.0659. The van der Waals surface area contributed by atoms with Gasteiger partial charge in [0.1, 0.15) is 5.76 Å². The summed E-state index contributed by atoms with van der Waals surface area (Å²) in [6.07, 6.45) is 3.30. The van der Waals surface area contributed by atoms with Crippen LogP contribution in [0.5, 0.6) is 0 Å². The molecule has 1 aliphatic rings. The van der Waals surface area contributed by atoms with E-state index in [9.17, 15) is 13.2 Å². The Kier molecular flexibility index (Phi) is 6.12. The Labute approximate surface area is 167 Å². The average Bonchev–Trinajstić information content (AvgIpc) is 3.22. The van der Waals surface area contributed by atoms with E-state index < -0.39 is 21.8 Å². The number of rotatable bonds is 6. The Bertz CT molecular complexity index is 916. The number of carbonyl (C=O) groups is 1. The summed E-state index contributed by atoms with van der Waals surface area (Å²) in [4.78, 5) is 23.2. The maximum absolute atomic E-state index is 13.2. The largest absolute Gasteiger partial charge is 0.467 e. The molecule has 0 unspecified atom stereocenters. The molecule has 7 nitrogen and oxygen atoms in total. The van der Waals surface area contributed by atoms with Gasteiger partial charge in [-0.05, 0) is 18.6 Å². The van der Waals surface area contributed by atoms with Gasteiger partial charge in [-0.1, -0.05) is 37.2 Å². The fourth-order valence-electron chi connectivity index (χ4n) is 2.86. The summed E-state index contributed by atoms with van der Waals surface area (Å²) < 4.78 is 29.2. The molecular weight excluding hydrogens is 410 g/mol. The second-order valence-corrected chi connectivity index (χ2v) is 10.8. The average molecular weight is 430 g/mol. The monoisotopic (exact) mass is 429 g/mol. The predicted molar refractivity (Wildman–Crippen MR) is 104 cm³/mol. The smallest absolute Gasteiger partial charge is 0.274 e. The molecule has 0 N–H and O–H groups in total. The summed E-state index contributed by atoms with van der Waals surface area (Å²) in [5.41, 5.74) is 0.0747. The van der Waals surface area contributed by atoms with Gasteiger partial charge in [0.2, 0.25) is 0 Å². The molecule has 0 aliphatic carbocycles. The molecule has 0 aromatic carbocycles. The SMILES string of the molecule is CC(C)Sc1ncc(Cl)c(C(=O)N(Cc2ccco2)[C@@H]2CCS(=O)(=O)C2)n1. The maximum atomic E-state index is 13.2. The number of furan rings is 1. The third-order valence-corrected chi connectivity index (χ3v) is 6.99. The lowest BCUT2D eigenvalue weighted by Gasteiger charge is -2.27. The number of aromatic nitrogens is 2. The molecule has 146 valence electrons. The summed E-state index contributed by atoms with van der Waals surface area (Å²) in [6.45, 7) is 4.15. The number of hydrogen-bond donors (Lipinski definition) is 0. The molecule has 27 heavy (non-hydrogen) atoms. The van der Waals surface area contributed by atoms with Crippen molar-refractivity contribution in [3.63, 3.8) is 0 Å². The van der Waals surface area contributed by atoms with Crippen LogP contribution in [0, 0.1) is 0 Å². The van der Waals surface area contributed by atoms with Crippen molar-refractivity contribution >= 4 is 39.1 Å². The standard InChI is InChI=1S/C17H20ClN3O4S2/c1-11(2)26-17-19-8-14(18)15(20-17)16(22)21(9-13-4-3-6-25-13)12-5-7-27(23,24)10-12/h3-4,6,8,11-12H,5,7,9-10H2,1-2H3/t12-/m1/s1. The lowest BCUT2D eigenvalue weighted by Crippen LogP contribution is -2.41. The van der Waals surface area contributed by atoms with Gasteiger partial charge in [-0.2, -0.15) is 0 Å². The molecule has 0 saturated carbocycles. The van der Waals surface area contributed by atoms with Crippen LogP contribution in [0.25, 0.3) is 0 Å². The Morgan fingerprint density at radius 2 is 2.26 bits per heavy atom. The van der Waals surface area contributed by atoms with Gasteiger partial charge in [0.25, 0.3) is 5.91 Å². The van der Waals surface area contributed by atoms with Crippen molar-refractivity contribution in [3.05, 3.63) is 41.1 Å². The molecule has 0 radical (unpaired) electrons. The van der Waals surface area contributed by atoms with Gasteiger partial charge in [-0.15, -0.1) is 0 Å². The van der Waals surface area contributed by atoms with E-state index in [4.69, 9.17) is 16.0 Å². The fourth-order valence-corrected chi connectivity index (χ4v) is 5.44. The van der Waals surface area contributed by atoms with E-state index in [1.807, 2.05) is 13.8 Å². The Morgan fingerprint density at radius 3 is 2.85 bits per heavy atom. The van der Waals surface area contributed by atoms with Crippen LogP contribution in [0.15, 0.2) is 34.2 Å². The molecule has 0 bridgehead atoms. The van der Waals surface area contributed by atoms with Crippen LogP contribution in [-0.4, -0.2) is 52.0 Å². The number of hydrogen-bond acceptors (Lipinski definition) is 7. The number of nitrogens with zero attached hydrogens (tertiary/aromatic N) is 3. The molecule has 3 heterocycles. The Balaban J connectivity index is 1.93. The lowest BCUT2D eigenvalue weighted by atomic mass is 10.2. The molecule has 0 spiro atoms. The first kappa shape index (κ1) is 20.2. The molecule has 2 aromatic heterocycles. The van der Waals surface area contributed by atoms with Crippen LogP contribution in [0.4, 0.5) is 0 Å². The van der Waals surface area contributed by atoms with Crippen molar-refractivity contribution in [1.82, 2.24) is 14.9 Å². The zero-order valence-corrected chi connectivity index (χ0v) is 17.4. The first-order valence-corrected chi connectivity index (χ1v) is 11.6. The van der Waals surface area contributed by atoms with Gasteiger partial charge in [0, 0.05) is 11.3 Å². The number of thioether (sulfide) groups is 1. The van der Waals surface area contributed by atoms with Crippen LogP contribution >= 0.6 is 23.4 Å². The molecule has 10 heteroatoms. The summed E-state index contributed by atoms with van der Waals surface area (Å²) in [5, 5.41) is 0.835. The molecule has 1 fully saturated rings. The van der Waals surface area contributed by atoms with E-state index in [0.717, 1.165) is 0 Å². The van der Waals surface area contributed by atoms with Crippen LogP contribution in [0.1, 0.15) is 36.5 Å². The van der Waals surface area contributed by atoms with Crippen LogP contribution in [-0.2, 0) is 16.4 Å². The van der Waals surface area contributed by atoms with Crippen LogP contribution in [0.2, 0.25) is 5.02 Å². The Hall–Kier alpha value is -1.58. The first-order valence-electron chi connectivity index (χ1n) is 8.48. The number of halogens is 1. The van der Waals surface area contributed by atoms with Crippen molar-refractivity contribution in [2.75, 3.05) is 11.5 Å². The second kappa shape index (κ2) is 8.20. The highest BCUT2D eigenvalue weighted by molar-refractivity contribution is 7.99. The topological polar surface area (TPSA) is 93.4 Å². The van der Waals surface area contributed by atoms with Gasteiger partial charge in [-0.3, -0.25) is 4.79 Å². The quantitative estimate of drug-likeness (QED) is 0.514. The highest BCUT2D eigenvalue weighted by atomic mass is 35.5. The van der Waals surface area contributed by atoms with E-state index in [0.29, 0.717) is 17.3 Å². The minimum atomic E-state index is -3.16. The first-order chi connectivity index (χ1) is 12.7. The summed E-state index contributed by atoms with van der Waals surface area (Å²) in [5.74, 6) is 0.127. The van der Waals surface area contributed by atoms with E-state index in [1.165, 1.54) is 29.1 Å². The molecule has 1 atom stereocenters. The molecular formula is C17H20ClN3O4S2. The highest BCUT2D eigenvalue weighted by Gasteiger charge is 2.36. The van der Waals surface area contributed by atoms with Gasteiger partial charge in [0.15, 0.2) is 20.7 Å². The third kappa shape index (κ3) is 5.03. The van der Waals surface area contributed by atoms with Crippen molar-refractivity contribution in [2.45, 2.75) is 43.3 Å². The highest BCUT2D eigenvalue weighted by Crippen LogP contribution is 2.26. The zero-order chi connectivity index (χ0) is 19.6. The fraction of sp³-hybridized carbons (Fsp3) is 0.471. The third-order valence-electron chi connectivity index (χ3n) is 4.08. The van der Waals surface area contributed by atoms with Crippen molar-refractivity contribution < 1.29 is 17.6 Å². The van der Waals surface area contributed by atoms with E-state index >= 15 is 0 Å². The summed E-state index contributed by atoms with van der Waals surface area (Å²) in [6, 6.07) is 3.02. The van der Waals surface area contributed by atoms with Gasteiger partial charge in [-0.25, -0.2) is 18.4 Å². The van der Waals surface area contributed by atoms with E-state index in [-0.39, 0.29) is 34.0 Å². The second-order valence-electron chi connectivity index (χ2n) is 6.59. The maximum Gasteiger partial charge on any atom is 0.274 e. The molecule has 1 aliphatic heterocycles. The normalized spacial score (nSPS) is 18.7. The van der Waals surface area contributed by atoms with Crippen molar-refractivity contribution in [2.24, 2.45) is 0 Å². The van der Waals surface area contributed by atoms with Crippen LogP contribution < -0.4 is 0 Å². The summed E-state index contributed by atoms with van der Waals surface area (Å²) >= 11 is 7.61. The minimum Gasteiger partial charge on any atom is -0.467 e. The minimum absolute atomic E-state index is 0.0611. The van der Waals surface area contributed by atoms with E-state index in [1.54, 1.807) is 12.1 Å². The summed E-state index contributed by atoms with van der Waals surface area (Å²) in [7, 11) is -3.16. The van der Waals surface area contributed by atoms with Crippen molar-refractivity contribution in [1.29, 1.82) is 0 Å².